The molecule has 1 aromatic carbocycles. The molecule has 2 rings (SSSR count). The maximum Gasteiger partial charge on any atom is 0.408 e. The van der Waals surface area contributed by atoms with Crippen molar-refractivity contribution in [2.45, 2.75) is 70.9 Å². The molecule has 0 saturated carbocycles. The lowest BCUT2D eigenvalue weighted by Gasteiger charge is -2.24. The molecule has 1 unspecified atom stereocenters. The van der Waals surface area contributed by atoms with Gasteiger partial charge in [0.25, 0.3) is 0 Å². The number of aliphatic hydroxyl groups excluding tert-OH is 1. The number of ether oxygens (including phenoxy) is 1. The van der Waals surface area contributed by atoms with Crippen molar-refractivity contribution in [3.05, 3.63) is 28.8 Å². The summed E-state index contributed by atoms with van der Waals surface area (Å²) in [5, 5.41) is 21.8. The van der Waals surface area contributed by atoms with E-state index in [2.05, 4.69) is 5.32 Å². The lowest BCUT2D eigenvalue weighted by Crippen LogP contribution is -2.44. The van der Waals surface area contributed by atoms with Gasteiger partial charge in [-0.25, -0.2) is 4.79 Å². The largest absolute Gasteiger partial charge is 0.508 e. The number of ketones is 1. The fourth-order valence-corrected chi connectivity index (χ4v) is 3.33. The van der Waals surface area contributed by atoms with Crippen molar-refractivity contribution in [3.8, 4) is 5.75 Å². The number of rotatable bonds is 6. The highest BCUT2D eigenvalue weighted by molar-refractivity contribution is 5.88. The summed E-state index contributed by atoms with van der Waals surface area (Å²) in [7, 11) is 0. The summed E-state index contributed by atoms with van der Waals surface area (Å²) < 4.78 is 5.20. The monoisotopic (exact) mass is 363 g/mol. The Morgan fingerprint density at radius 1 is 1.19 bits per heavy atom. The van der Waals surface area contributed by atoms with Crippen LogP contribution in [0.5, 0.6) is 5.75 Å². The van der Waals surface area contributed by atoms with Crippen LogP contribution in [-0.2, 0) is 28.8 Å². The highest BCUT2D eigenvalue weighted by atomic mass is 16.6. The van der Waals surface area contributed by atoms with Crippen molar-refractivity contribution >= 4 is 11.9 Å². The minimum Gasteiger partial charge on any atom is -0.508 e. The van der Waals surface area contributed by atoms with Crippen LogP contribution in [0.4, 0.5) is 4.79 Å². The number of hydrogen-bond donors (Lipinski definition) is 3. The fraction of sp³-hybridized carbons (Fsp3) is 0.600. The van der Waals surface area contributed by atoms with Crippen LogP contribution in [0.3, 0.4) is 0 Å². The smallest absolute Gasteiger partial charge is 0.408 e. The number of aliphatic hydroxyl groups is 1. The Hall–Kier alpha value is -2.08. The van der Waals surface area contributed by atoms with E-state index in [4.69, 9.17) is 4.74 Å². The van der Waals surface area contributed by atoms with Gasteiger partial charge < -0.3 is 20.3 Å². The van der Waals surface area contributed by atoms with Crippen LogP contribution in [0.15, 0.2) is 12.1 Å². The van der Waals surface area contributed by atoms with Gasteiger partial charge in [-0.05, 0) is 82.1 Å². The maximum atomic E-state index is 12.0. The Balaban J connectivity index is 2.08. The molecule has 1 amide bonds. The molecule has 6 nitrogen and oxygen atoms in total. The van der Waals surface area contributed by atoms with Crippen LogP contribution in [0.25, 0.3) is 0 Å². The quantitative estimate of drug-likeness (QED) is 0.722. The molecular formula is C20H29NO5. The molecule has 0 fully saturated rings. The van der Waals surface area contributed by atoms with Crippen molar-refractivity contribution < 1.29 is 24.5 Å². The number of benzene rings is 1. The van der Waals surface area contributed by atoms with Gasteiger partial charge in [-0.2, -0.15) is 0 Å². The second-order valence-electron chi connectivity index (χ2n) is 7.77. The number of aromatic hydroxyl groups is 1. The fourth-order valence-electron chi connectivity index (χ4n) is 3.33. The van der Waals surface area contributed by atoms with Gasteiger partial charge in [0.2, 0.25) is 0 Å². The molecular weight excluding hydrogens is 334 g/mol. The number of fused-ring (bicyclic) bond motifs is 1. The van der Waals surface area contributed by atoms with E-state index < -0.39 is 30.1 Å². The number of carbonyl (C=O) groups excluding carboxylic acids is 2. The zero-order valence-corrected chi connectivity index (χ0v) is 15.8. The zero-order chi connectivity index (χ0) is 19.3. The zero-order valence-electron chi connectivity index (χ0n) is 15.8. The molecule has 0 aromatic heterocycles. The second kappa shape index (κ2) is 8.54. The predicted octanol–water partition coefficient (Wildman–Crippen LogP) is 2.66. The standard InChI is InChI=1S/C20H29NO5/c1-20(2,3)26-19(25)21-16(18(24)12-22)10-8-13-9-11-17(23)15-7-5-4-6-14(13)15/h9,11,16,22-23H,4-8,10,12H2,1-3H3,(H,21,25). The minimum atomic E-state index is -0.803. The summed E-state index contributed by atoms with van der Waals surface area (Å²) >= 11 is 0. The first kappa shape index (κ1) is 20.2. The van der Waals surface area contributed by atoms with Gasteiger partial charge in [0.05, 0.1) is 6.04 Å². The number of carbonyl (C=O) groups is 2. The first-order valence-electron chi connectivity index (χ1n) is 9.17. The minimum absolute atomic E-state index is 0.332. The van der Waals surface area contributed by atoms with E-state index in [-0.39, 0.29) is 0 Å². The van der Waals surface area contributed by atoms with Gasteiger partial charge >= 0.3 is 6.09 Å². The summed E-state index contributed by atoms with van der Waals surface area (Å²) in [6, 6.07) is 2.78. The Morgan fingerprint density at radius 3 is 2.46 bits per heavy atom. The summed E-state index contributed by atoms with van der Waals surface area (Å²) in [5.41, 5.74) is 2.58. The van der Waals surface area contributed by atoms with Gasteiger partial charge in [0, 0.05) is 0 Å². The third-order valence-electron chi connectivity index (χ3n) is 4.54. The molecule has 0 spiro atoms. The lowest BCUT2D eigenvalue weighted by molar-refractivity contribution is -0.124. The predicted molar refractivity (Wildman–Crippen MR) is 98.3 cm³/mol. The molecule has 0 radical (unpaired) electrons. The van der Waals surface area contributed by atoms with Crippen molar-refractivity contribution in [3.63, 3.8) is 0 Å². The summed E-state index contributed by atoms with van der Waals surface area (Å²) in [6.45, 7) is 4.61. The van der Waals surface area contributed by atoms with E-state index in [9.17, 15) is 19.8 Å². The molecule has 1 atom stereocenters. The molecule has 0 aliphatic heterocycles. The Bertz CT molecular complexity index is 663. The SMILES string of the molecule is CC(C)(C)OC(=O)NC(CCc1ccc(O)c2c1CCCC2)C(=O)CO. The van der Waals surface area contributed by atoms with Crippen LogP contribution in [0, 0.1) is 0 Å². The molecule has 1 aliphatic carbocycles. The second-order valence-corrected chi connectivity index (χ2v) is 7.77. The highest BCUT2D eigenvalue weighted by Crippen LogP contribution is 2.32. The first-order valence-corrected chi connectivity index (χ1v) is 9.17. The topological polar surface area (TPSA) is 95.9 Å². The Morgan fingerprint density at radius 2 is 1.85 bits per heavy atom. The number of Topliss-reactive ketones (excluding diaryl/α,β-unsaturated/α-hetero) is 1. The Kier molecular flexibility index (Phi) is 6.64. The van der Waals surface area contributed by atoms with E-state index in [1.807, 2.05) is 6.07 Å². The van der Waals surface area contributed by atoms with Crippen molar-refractivity contribution in [2.24, 2.45) is 0 Å². The molecule has 144 valence electrons. The average Bonchev–Trinajstić information content (AvgIpc) is 2.58. The number of phenolic OH excluding ortho intramolecular Hbond substituents is 1. The van der Waals surface area contributed by atoms with Crippen LogP contribution in [0.2, 0.25) is 0 Å². The van der Waals surface area contributed by atoms with E-state index in [0.29, 0.717) is 18.6 Å². The van der Waals surface area contributed by atoms with E-state index in [0.717, 1.165) is 42.4 Å². The average molecular weight is 363 g/mol. The molecule has 6 heteroatoms. The van der Waals surface area contributed by atoms with Crippen molar-refractivity contribution in [1.82, 2.24) is 5.32 Å². The molecule has 26 heavy (non-hydrogen) atoms. The van der Waals surface area contributed by atoms with Gasteiger partial charge in [0.1, 0.15) is 18.0 Å². The van der Waals surface area contributed by atoms with Crippen LogP contribution in [0.1, 0.15) is 56.7 Å². The van der Waals surface area contributed by atoms with Crippen LogP contribution in [-0.4, -0.2) is 40.3 Å². The summed E-state index contributed by atoms with van der Waals surface area (Å²) in [4.78, 5) is 24.0. The van der Waals surface area contributed by atoms with Gasteiger partial charge in [-0.1, -0.05) is 6.07 Å². The van der Waals surface area contributed by atoms with E-state index >= 15 is 0 Å². The molecule has 0 bridgehead atoms. The number of phenols is 1. The van der Waals surface area contributed by atoms with Crippen LogP contribution >= 0.6 is 0 Å². The van der Waals surface area contributed by atoms with E-state index in [1.165, 1.54) is 0 Å². The third-order valence-corrected chi connectivity index (χ3v) is 4.54. The lowest BCUT2D eigenvalue weighted by atomic mass is 9.85. The number of aryl methyl sites for hydroxylation is 1. The third kappa shape index (κ3) is 5.46. The van der Waals surface area contributed by atoms with E-state index in [1.54, 1.807) is 26.8 Å². The highest BCUT2D eigenvalue weighted by Gasteiger charge is 2.24. The van der Waals surface area contributed by atoms with Crippen LogP contribution < -0.4 is 5.32 Å². The van der Waals surface area contributed by atoms with Gasteiger partial charge in [-0.3, -0.25) is 4.79 Å². The summed E-state index contributed by atoms with van der Waals surface area (Å²) in [6.07, 6.45) is 4.21. The normalized spacial score (nSPS) is 15.1. The van der Waals surface area contributed by atoms with Gasteiger partial charge in [0.15, 0.2) is 5.78 Å². The number of alkyl carbamates (subject to hydrolysis) is 1. The number of hydrogen-bond acceptors (Lipinski definition) is 5. The van der Waals surface area contributed by atoms with Crippen molar-refractivity contribution in [1.29, 1.82) is 0 Å². The molecule has 1 aliphatic rings. The molecule has 1 aromatic rings. The number of amides is 1. The summed E-state index contributed by atoms with van der Waals surface area (Å²) in [5.74, 6) is -0.109. The molecule has 0 saturated heterocycles. The number of nitrogens with one attached hydrogen (secondary N) is 1. The molecule has 3 N–H and O–H groups in total. The maximum absolute atomic E-state index is 12.0. The van der Waals surface area contributed by atoms with Crippen molar-refractivity contribution in [2.75, 3.05) is 6.61 Å². The Labute approximate surface area is 154 Å². The molecule has 0 heterocycles. The van der Waals surface area contributed by atoms with Gasteiger partial charge in [-0.15, -0.1) is 0 Å². The first-order chi connectivity index (χ1) is 12.2.